The van der Waals surface area contributed by atoms with E-state index >= 15 is 0 Å². The fraction of sp³-hybridized carbons (Fsp3) is 0.556. The highest BCUT2D eigenvalue weighted by Gasteiger charge is 2.34. The number of aliphatic hydroxyl groups is 1. The lowest BCUT2D eigenvalue weighted by atomic mass is 9.84. The van der Waals surface area contributed by atoms with Crippen molar-refractivity contribution in [2.24, 2.45) is 0 Å². The molecule has 0 saturated carbocycles. The Labute approximate surface area is 207 Å². The quantitative estimate of drug-likeness (QED) is 0.336. The first-order valence-electron chi connectivity index (χ1n) is 12.1. The highest BCUT2D eigenvalue weighted by molar-refractivity contribution is 7.79. The summed E-state index contributed by atoms with van der Waals surface area (Å²) in [5.74, 6) is 0. The molecular weight excluding hydrogens is 454 g/mol. The Balaban J connectivity index is 0.000000569. The molecule has 1 atom stereocenters. The highest BCUT2D eigenvalue weighted by Crippen LogP contribution is 2.35. The van der Waals surface area contributed by atoms with Gasteiger partial charge in [-0.05, 0) is 73.6 Å². The molecule has 0 radical (unpaired) electrons. The first-order chi connectivity index (χ1) is 15.7. The van der Waals surface area contributed by atoms with Crippen LogP contribution in [0.25, 0.3) is 0 Å². The molecular formula is C27H39ClNO3S-. The maximum absolute atomic E-state index is 11.1. The number of hydrogen-bond donors (Lipinski definition) is 1. The van der Waals surface area contributed by atoms with Crippen molar-refractivity contribution in [3.63, 3.8) is 0 Å². The summed E-state index contributed by atoms with van der Waals surface area (Å²) in [7, 11) is 0. The van der Waals surface area contributed by atoms with Crippen molar-refractivity contribution in [2.45, 2.75) is 83.5 Å². The molecule has 1 fully saturated rings. The highest BCUT2D eigenvalue weighted by atomic mass is 35.5. The van der Waals surface area contributed by atoms with Crippen molar-refractivity contribution in [2.75, 3.05) is 18.0 Å². The molecule has 0 amide bonds. The Bertz CT molecular complexity index is 877. The molecule has 184 valence electrons. The van der Waals surface area contributed by atoms with Crippen LogP contribution in [-0.2, 0) is 23.1 Å². The minimum atomic E-state index is -1.87. The van der Waals surface area contributed by atoms with E-state index in [1.54, 1.807) is 13.8 Å². The van der Waals surface area contributed by atoms with Gasteiger partial charge in [0.15, 0.2) is 0 Å². The smallest absolute Gasteiger partial charge is 0.0930 e. The standard InChI is InChI=1S/C24H32ClNO.C3H8O2S/c1-3-4-5-6-7-20-8-13-23(18-19(20)2)26-16-14-24(27,15-17-26)21-9-11-22(25)12-10-21;1-3(2)6(4)5/h8-13,18,27H,3-7,14-17H2,1-2H3;3H,1-2H3,(H,4,5)/p-1. The third kappa shape index (κ3) is 8.71. The molecule has 1 N–H and O–H groups in total. The number of rotatable bonds is 8. The van der Waals surface area contributed by atoms with Crippen molar-refractivity contribution >= 4 is 28.4 Å². The number of hydrogen-bond acceptors (Lipinski definition) is 4. The maximum Gasteiger partial charge on any atom is 0.0930 e. The van der Waals surface area contributed by atoms with Gasteiger partial charge in [-0.2, -0.15) is 0 Å². The van der Waals surface area contributed by atoms with Crippen LogP contribution in [0.2, 0.25) is 5.02 Å². The van der Waals surface area contributed by atoms with E-state index in [4.69, 9.17) is 11.6 Å². The number of anilines is 1. The summed E-state index contributed by atoms with van der Waals surface area (Å²) in [6, 6.07) is 14.5. The van der Waals surface area contributed by atoms with Gasteiger partial charge in [-0.15, -0.1) is 0 Å². The Morgan fingerprint density at radius 2 is 1.70 bits per heavy atom. The van der Waals surface area contributed by atoms with Gasteiger partial charge in [0, 0.05) is 29.0 Å². The van der Waals surface area contributed by atoms with Gasteiger partial charge in [0.05, 0.1) is 5.60 Å². The summed E-state index contributed by atoms with van der Waals surface area (Å²) in [4.78, 5) is 2.40. The van der Waals surface area contributed by atoms with Gasteiger partial charge in [0.25, 0.3) is 0 Å². The van der Waals surface area contributed by atoms with Crippen molar-refractivity contribution in [3.05, 3.63) is 64.2 Å². The molecule has 1 aliphatic heterocycles. The summed E-state index contributed by atoms with van der Waals surface area (Å²) in [5.41, 5.74) is 4.38. The van der Waals surface area contributed by atoms with Gasteiger partial charge in [0.2, 0.25) is 0 Å². The molecule has 0 spiro atoms. The van der Waals surface area contributed by atoms with E-state index in [9.17, 15) is 13.9 Å². The predicted molar refractivity (Wildman–Crippen MR) is 140 cm³/mol. The number of piperidine rings is 1. The number of nitrogens with zero attached hydrogens (tertiary/aromatic N) is 1. The monoisotopic (exact) mass is 492 g/mol. The molecule has 3 rings (SSSR count). The number of benzene rings is 2. The molecule has 2 aromatic rings. The van der Waals surface area contributed by atoms with Crippen LogP contribution in [-0.4, -0.2) is 32.2 Å². The second kappa shape index (κ2) is 13.5. The number of halogens is 1. The minimum Gasteiger partial charge on any atom is -0.772 e. The topological polar surface area (TPSA) is 63.6 Å². The van der Waals surface area contributed by atoms with Gasteiger partial charge < -0.3 is 14.6 Å². The Hall–Kier alpha value is -1.40. The molecule has 6 heteroatoms. The molecule has 1 unspecified atom stereocenters. The van der Waals surface area contributed by atoms with Gasteiger partial charge in [-0.1, -0.05) is 80.9 Å². The average Bonchev–Trinajstić information content (AvgIpc) is 2.79. The fourth-order valence-electron chi connectivity index (χ4n) is 4.08. The second-order valence-electron chi connectivity index (χ2n) is 9.26. The lowest BCUT2D eigenvalue weighted by Crippen LogP contribution is -2.42. The largest absolute Gasteiger partial charge is 0.772 e. The van der Waals surface area contributed by atoms with Crippen molar-refractivity contribution < 1.29 is 13.9 Å². The molecule has 0 aliphatic carbocycles. The second-order valence-corrected chi connectivity index (χ2v) is 11.2. The van der Waals surface area contributed by atoms with Crippen LogP contribution in [0.4, 0.5) is 5.69 Å². The van der Waals surface area contributed by atoms with E-state index in [1.165, 1.54) is 48.9 Å². The van der Waals surface area contributed by atoms with E-state index in [0.29, 0.717) is 5.02 Å². The minimum absolute atomic E-state index is 0.231. The summed E-state index contributed by atoms with van der Waals surface area (Å²) < 4.78 is 19.4. The Morgan fingerprint density at radius 1 is 1.09 bits per heavy atom. The van der Waals surface area contributed by atoms with E-state index in [-0.39, 0.29) is 5.25 Å². The maximum atomic E-state index is 11.1. The average molecular weight is 493 g/mol. The first-order valence-corrected chi connectivity index (χ1v) is 13.6. The third-order valence-electron chi connectivity index (χ3n) is 6.35. The summed E-state index contributed by atoms with van der Waals surface area (Å²) in [6.07, 6.45) is 7.90. The molecule has 1 heterocycles. The van der Waals surface area contributed by atoms with Crippen LogP contribution in [0.5, 0.6) is 0 Å². The zero-order chi connectivity index (χ0) is 24.4. The summed E-state index contributed by atoms with van der Waals surface area (Å²) in [6.45, 7) is 9.48. The lowest BCUT2D eigenvalue weighted by molar-refractivity contribution is 0.0118. The van der Waals surface area contributed by atoms with E-state index in [0.717, 1.165) is 31.5 Å². The molecule has 0 aromatic heterocycles. The number of aryl methyl sites for hydroxylation is 2. The van der Waals surface area contributed by atoms with Crippen molar-refractivity contribution in [1.29, 1.82) is 0 Å². The molecule has 4 nitrogen and oxygen atoms in total. The SMILES string of the molecule is CC(C)S(=O)[O-].CCCCCCc1ccc(N2CCC(O)(c3ccc(Cl)cc3)CC2)cc1C. The normalized spacial score (nSPS) is 16.3. The number of unbranched alkanes of at least 4 members (excludes halogenated alkanes) is 3. The Kier molecular flexibility index (Phi) is 11.4. The molecule has 1 aliphatic rings. The Morgan fingerprint density at radius 3 is 2.21 bits per heavy atom. The fourth-order valence-corrected chi connectivity index (χ4v) is 4.21. The van der Waals surface area contributed by atoms with Crippen LogP contribution in [0, 0.1) is 6.92 Å². The molecule has 0 bridgehead atoms. The van der Waals surface area contributed by atoms with E-state index in [2.05, 4.69) is 36.9 Å². The van der Waals surface area contributed by atoms with Crippen molar-refractivity contribution in [1.82, 2.24) is 0 Å². The van der Waals surface area contributed by atoms with Crippen molar-refractivity contribution in [3.8, 4) is 0 Å². The van der Waals surface area contributed by atoms with Crippen LogP contribution < -0.4 is 4.90 Å². The molecule has 2 aromatic carbocycles. The molecule has 1 saturated heterocycles. The van der Waals surface area contributed by atoms with Gasteiger partial charge in [-0.3, -0.25) is 4.21 Å². The first kappa shape index (κ1) is 27.8. The van der Waals surface area contributed by atoms with Crippen LogP contribution >= 0.6 is 11.6 Å². The molecule has 33 heavy (non-hydrogen) atoms. The zero-order valence-electron chi connectivity index (χ0n) is 20.5. The van der Waals surface area contributed by atoms with Crippen LogP contribution in [0.15, 0.2) is 42.5 Å². The van der Waals surface area contributed by atoms with Crippen LogP contribution in [0.1, 0.15) is 76.0 Å². The zero-order valence-corrected chi connectivity index (χ0v) is 22.1. The van der Waals surface area contributed by atoms with Gasteiger partial charge in [0.1, 0.15) is 0 Å². The van der Waals surface area contributed by atoms with Gasteiger partial charge >= 0.3 is 0 Å². The summed E-state index contributed by atoms with van der Waals surface area (Å²) in [5, 5.41) is 11.5. The summed E-state index contributed by atoms with van der Waals surface area (Å²) >= 11 is 4.12. The third-order valence-corrected chi connectivity index (χ3v) is 7.37. The lowest BCUT2D eigenvalue weighted by Gasteiger charge is -2.40. The van der Waals surface area contributed by atoms with E-state index in [1.807, 2.05) is 24.3 Å². The van der Waals surface area contributed by atoms with E-state index < -0.39 is 16.7 Å². The van der Waals surface area contributed by atoms with Crippen LogP contribution in [0.3, 0.4) is 0 Å². The predicted octanol–water partition coefficient (Wildman–Crippen LogP) is 6.53. The van der Waals surface area contributed by atoms with Gasteiger partial charge in [-0.25, -0.2) is 0 Å².